The Kier molecular flexibility index (Phi) is 4.34. The third kappa shape index (κ3) is 3.15. The van der Waals surface area contributed by atoms with E-state index in [9.17, 15) is 14.0 Å². The van der Waals surface area contributed by atoms with Gasteiger partial charge in [0.1, 0.15) is 11.2 Å². The molecule has 5 heteroatoms. The highest BCUT2D eigenvalue weighted by Gasteiger charge is 2.57. The molecular formula is C19H19FN2O2. The standard InChI is InChI=1S/C19H19FN2O2/c1-22(16-5-3-2-4-6-16)18(24)19(11-12-19)17(23)21-13-14-7-9-15(20)10-8-14/h2-10H,11-13H2,1H3,(H,21,23). The Labute approximate surface area is 140 Å². The van der Waals surface area contributed by atoms with Crippen molar-refractivity contribution in [3.63, 3.8) is 0 Å². The quantitative estimate of drug-likeness (QED) is 0.859. The molecule has 0 atom stereocenters. The monoisotopic (exact) mass is 326 g/mol. The van der Waals surface area contributed by atoms with Crippen LogP contribution < -0.4 is 10.2 Å². The van der Waals surface area contributed by atoms with Crippen LogP contribution in [0, 0.1) is 11.2 Å². The molecule has 0 heterocycles. The summed E-state index contributed by atoms with van der Waals surface area (Å²) in [5, 5.41) is 2.80. The number of nitrogens with zero attached hydrogens (tertiary/aromatic N) is 1. The van der Waals surface area contributed by atoms with Crippen LogP contribution in [0.25, 0.3) is 0 Å². The highest BCUT2D eigenvalue weighted by atomic mass is 19.1. The van der Waals surface area contributed by atoms with Crippen LogP contribution >= 0.6 is 0 Å². The highest BCUT2D eigenvalue weighted by Crippen LogP contribution is 2.47. The van der Waals surface area contributed by atoms with Crippen molar-refractivity contribution in [2.24, 2.45) is 5.41 Å². The van der Waals surface area contributed by atoms with Gasteiger partial charge in [-0.2, -0.15) is 0 Å². The molecule has 1 aliphatic rings. The molecule has 0 unspecified atom stereocenters. The molecule has 0 aromatic heterocycles. The van der Waals surface area contributed by atoms with Gasteiger partial charge in [0.2, 0.25) is 11.8 Å². The molecule has 3 rings (SSSR count). The first kappa shape index (κ1) is 16.2. The van der Waals surface area contributed by atoms with Crippen LogP contribution in [0.5, 0.6) is 0 Å². The third-order valence-corrected chi connectivity index (χ3v) is 4.41. The zero-order valence-corrected chi connectivity index (χ0v) is 13.5. The van der Waals surface area contributed by atoms with E-state index < -0.39 is 5.41 Å². The van der Waals surface area contributed by atoms with E-state index in [4.69, 9.17) is 0 Å². The van der Waals surface area contributed by atoms with Crippen LogP contribution in [-0.4, -0.2) is 18.9 Å². The predicted octanol–water partition coefficient (Wildman–Crippen LogP) is 2.89. The van der Waals surface area contributed by atoms with Crippen molar-refractivity contribution in [1.29, 1.82) is 0 Å². The number of rotatable bonds is 5. The average molecular weight is 326 g/mol. The number of benzene rings is 2. The second-order valence-electron chi connectivity index (χ2n) is 6.09. The van der Waals surface area contributed by atoms with Gasteiger partial charge >= 0.3 is 0 Å². The largest absolute Gasteiger partial charge is 0.351 e. The van der Waals surface area contributed by atoms with Crippen molar-refractivity contribution in [2.75, 3.05) is 11.9 Å². The molecule has 2 aromatic carbocycles. The molecule has 0 saturated heterocycles. The van der Waals surface area contributed by atoms with Crippen molar-refractivity contribution in [1.82, 2.24) is 5.32 Å². The van der Waals surface area contributed by atoms with E-state index in [2.05, 4.69) is 5.32 Å². The minimum Gasteiger partial charge on any atom is -0.351 e. The second kappa shape index (κ2) is 6.43. The summed E-state index contributed by atoms with van der Waals surface area (Å²) in [7, 11) is 1.69. The van der Waals surface area contributed by atoms with Crippen molar-refractivity contribution in [3.8, 4) is 0 Å². The lowest BCUT2D eigenvalue weighted by molar-refractivity contribution is -0.135. The van der Waals surface area contributed by atoms with Crippen molar-refractivity contribution in [3.05, 3.63) is 66.0 Å². The summed E-state index contributed by atoms with van der Waals surface area (Å²) in [5.74, 6) is -0.770. The SMILES string of the molecule is CN(C(=O)C1(C(=O)NCc2ccc(F)cc2)CC1)c1ccccc1. The number of amides is 2. The van der Waals surface area contributed by atoms with Crippen molar-refractivity contribution >= 4 is 17.5 Å². The summed E-state index contributed by atoms with van der Waals surface area (Å²) in [4.78, 5) is 26.8. The van der Waals surface area contributed by atoms with E-state index in [1.807, 2.05) is 30.3 Å². The van der Waals surface area contributed by atoms with Crippen LogP contribution in [0.1, 0.15) is 18.4 Å². The lowest BCUT2D eigenvalue weighted by Crippen LogP contribution is -2.43. The molecule has 0 radical (unpaired) electrons. The fourth-order valence-electron chi connectivity index (χ4n) is 2.71. The van der Waals surface area contributed by atoms with Gasteiger partial charge in [0.05, 0.1) is 0 Å². The van der Waals surface area contributed by atoms with Gasteiger partial charge in [-0.25, -0.2) is 4.39 Å². The number of carbonyl (C=O) groups excluding carboxylic acids is 2. The van der Waals surface area contributed by atoms with Crippen molar-refractivity contribution in [2.45, 2.75) is 19.4 Å². The molecule has 0 bridgehead atoms. The molecule has 4 nitrogen and oxygen atoms in total. The molecule has 1 N–H and O–H groups in total. The molecule has 2 amide bonds. The van der Waals surface area contributed by atoms with Gasteiger partial charge in [0, 0.05) is 19.3 Å². The number of nitrogens with one attached hydrogen (secondary N) is 1. The van der Waals surface area contributed by atoms with E-state index in [1.165, 1.54) is 17.0 Å². The molecule has 1 saturated carbocycles. The van der Waals surface area contributed by atoms with Crippen LogP contribution in [0.3, 0.4) is 0 Å². The number of anilines is 1. The van der Waals surface area contributed by atoms with Gasteiger partial charge in [0.25, 0.3) is 0 Å². The van der Waals surface area contributed by atoms with Crippen molar-refractivity contribution < 1.29 is 14.0 Å². The predicted molar refractivity (Wildman–Crippen MR) is 89.8 cm³/mol. The first-order valence-corrected chi connectivity index (χ1v) is 7.89. The normalized spacial score (nSPS) is 14.8. The van der Waals surface area contributed by atoms with Crippen LogP contribution in [0.4, 0.5) is 10.1 Å². The van der Waals surface area contributed by atoms with Gasteiger partial charge in [-0.1, -0.05) is 30.3 Å². The Morgan fingerprint density at radius 1 is 1.08 bits per heavy atom. The van der Waals surface area contributed by atoms with Gasteiger partial charge < -0.3 is 10.2 Å². The molecular weight excluding hydrogens is 307 g/mol. The summed E-state index contributed by atoms with van der Waals surface area (Å²) >= 11 is 0. The maximum absolute atomic E-state index is 12.9. The number of para-hydroxylation sites is 1. The number of hydrogen-bond donors (Lipinski definition) is 1. The molecule has 1 fully saturated rings. The molecule has 0 aliphatic heterocycles. The summed E-state index contributed by atoms with van der Waals surface area (Å²) in [6, 6.07) is 15.2. The number of carbonyl (C=O) groups is 2. The molecule has 1 aliphatic carbocycles. The first-order valence-electron chi connectivity index (χ1n) is 7.89. The van der Waals surface area contributed by atoms with Gasteiger partial charge in [-0.05, 0) is 42.7 Å². The molecule has 2 aromatic rings. The van der Waals surface area contributed by atoms with Gasteiger partial charge in [-0.3, -0.25) is 9.59 Å². The Bertz CT molecular complexity index is 740. The lowest BCUT2D eigenvalue weighted by atomic mass is 10.0. The molecule has 0 spiro atoms. The van der Waals surface area contributed by atoms with Crippen LogP contribution in [-0.2, 0) is 16.1 Å². The first-order chi connectivity index (χ1) is 11.5. The fourth-order valence-corrected chi connectivity index (χ4v) is 2.71. The minimum absolute atomic E-state index is 0.190. The Morgan fingerprint density at radius 2 is 1.71 bits per heavy atom. The second-order valence-corrected chi connectivity index (χ2v) is 6.09. The van der Waals surface area contributed by atoms with Crippen LogP contribution in [0.2, 0.25) is 0 Å². The molecule has 24 heavy (non-hydrogen) atoms. The smallest absolute Gasteiger partial charge is 0.242 e. The van der Waals surface area contributed by atoms with Crippen LogP contribution in [0.15, 0.2) is 54.6 Å². The Hall–Kier alpha value is -2.69. The topological polar surface area (TPSA) is 49.4 Å². The van der Waals surface area contributed by atoms with Gasteiger partial charge in [-0.15, -0.1) is 0 Å². The fraction of sp³-hybridized carbons (Fsp3) is 0.263. The summed E-state index contributed by atoms with van der Waals surface area (Å²) in [6.07, 6.45) is 1.11. The lowest BCUT2D eigenvalue weighted by Gasteiger charge is -2.23. The van der Waals surface area contributed by atoms with Gasteiger partial charge in [0.15, 0.2) is 0 Å². The number of halogens is 1. The number of hydrogen-bond acceptors (Lipinski definition) is 2. The maximum Gasteiger partial charge on any atom is 0.242 e. The van der Waals surface area contributed by atoms with E-state index >= 15 is 0 Å². The molecule has 124 valence electrons. The average Bonchev–Trinajstić information content (AvgIpc) is 3.42. The minimum atomic E-state index is -0.968. The highest BCUT2D eigenvalue weighted by molar-refractivity contribution is 6.13. The van der Waals surface area contributed by atoms with E-state index in [0.29, 0.717) is 12.8 Å². The Balaban J connectivity index is 1.65. The zero-order valence-electron chi connectivity index (χ0n) is 13.5. The van der Waals surface area contributed by atoms with E-state index in [1.54, 1.807) is 19.2 Å². The Morgan fingerprint density at radius 3 is 2.29 bits per heavy atom. The van der Waals surface area contributed by atoms with E-state index in [0.717, 1.165) is 11.3 Å². The summed E-state index contributed by atoms with van der Waals surface area (Å²) < 4.78 is 12.9. The third-order valence-electron chi connectivity index (χ3n) is 4.41. The van der Waals surface area contributed by atoms with E-state index in [-0.39, 0.29) is 24.2 Å². The summed E-state index contributed by atoms with van der Waals surface area (Å²) in [6.45, 7) is 0.281. The maximum atomic E-state index is 12.9. The zero-order chi connectivity index (χ0) is 17.2. The summed E-state index contributed by atoms with van der Waals surface area (Å²) in [5.41, 5.74) is 0.592.